The molecular formula is C24H25N3O4. The molecule has 1 aromatic heterocycles. The van der Waals surface area contributed by atoms with Crippen molar-refractivity contribution in [3.63, 3.8) is 0 Å². The van der Waals surface area contributed by atoms with Gasteiger partial charge in [0.25, 0.3) is 5.91 Å². The first-order valence-electron chi connectivity index (χ1n) is 9.98. The molecule has 1 amide bonds. The molecule has 0 aliphatic rings. The van der Waals surface area contributed by atoms with E-state index in [2.05, 4.69) is 10.4 Å². The van der Waals surface area contributed by atoms with Gasteiger partial charge in [0.2, 0.25) is 0 Å². The standard InChI is InChI=1S/C24H25N3O4/c1-15-22(16(2)27(26-15)21-8-6-5-7-9-21)14-23(29)31-18(4)24(30)25-20-12-10-19(11-13-20)17(3)28/h5-13,18H,14H2,1-4H3,(H,25,30)/t18-/m1/s1. The molecule has 0 saturated heterocycles. The lowest BCUT2D eigenvalue weighted by Gasteiger charge is -2.14. The van der Waals surface area contributed by atoms with E-state index in [-0.39, 0.29) is 12.2 Å². The number of aryl methyl sites for hydroxylation is 1. The molecule has 1 N–H and O–H groups in total. The predicted molar refractivity (Wildman–Crippen MR) is 117 cm³/mol. The molecule has 1 atom stereocenters. The van der Waals surface area contributed by atoms with Crippen LogP contribution in [0.2, 0.25) is 0 Å². The number of rotatable bonds is 7. The maximum atomic E-state index is 12.5. The molecule has 160 valence electrons. The van der Waals surface area contributed by atoms with Gasteiger partial charge in [0.05, 0.1) is 17.8 Å². The molecule has 1 heterocycles. The van der Waals surface area contributed by atoms with Gasteiger partial charge in [0, 0.05) is 22.5 Å². The smallest absolute Gasteiger partial charge is 0.311 e. The quantitative estimate of drug-likeness (QED) is 0.465. The largest absolute Gasteiger partial charge is 0.452 e. The van der Waals surface area contributed by atoms with Gasteiger partial charge in [-0.3, -0.25) is 14.4 Å². The van der Waals surface area contributed by atoms with E-state index in [0.717, 1.165) is 22.6 Å². The third kappa shape index (κ3) is 5.25. The minimum absolute atomic E-state index is 0.0232. The molecular weight excluding hydrogens is 394 g/mol. The summed E-state index contributed by atoms with van der Waals surface area (Å²) in [5.74, 6) is -1.01. The number of aromatic nitrogens is 2. The maximum Gasteiger partial charge on any atom is 0.311 e. The number of nitrogens with one attached hydrogen (secondary N) is 1. The number of benzene rings is 2. The SMILES string of the molecule is CC(=O)c1ccc(NC(=O)[C@@H](C)OC(=O)Cc2c(C)nn(-c3ccccc3)c2C)cc1. The first-order chi connectivity index (χ1) is 14.8. The van der Waals surface area contributed by atoms with Gasteiger partial charge in [-0.1, -0.05) is 18.2 Å². The van der Waals surface area contributed by atoms with E-state index < -0.39 is 18.0 Å². The minimum atomic E-state index is -0.968. The van der Waals surface area contributed by atoms with Crippen molar-refractivity contribution in [2.75, 3.05) is 5.32 Å². The lowest BCUT2D eigenvalue weighted by molar-refractivity contribution is -0.152. The Balaban J connectivity index is 1.62. The molecule has 0 unspecified atom stereocenters. The van der Waals surface area contributed by atoms with Gasteiger partial charge in [0.15, 0.2) is 11.9 Å². The molecule has 0 aliphatic heterocycles. The summed E-state index contributed by atoms with van der Waals surface area (Å²) in [4.78, 5) is 36.2. The first-order valence-corrected chi connectivity index (χ1v) is 9.98. The van der Waals surface area contributed by atoms with E-state index in [9.17, 15) is 14.4 Å². The molecule has 0 spiro atoms. The van der Waals surface area contributed by atoms with E-state index in [1.807, 2.05) is 44.2 Å². The van der Waals surface area contributed by atoms with Crippen LogP contribution in [0.4, 0.5) is 5.69 Å². The number of Topliss-reactive ketones (excluding diaryl/α,β-unsaturated/α-hetero) is 1. The van der Waals surface area contributed by atoms with Gasteiger partial charge in [-0.05, 0) is 64.1 Å². The van der Waals surface area contributed by atoms with E-state index in [0.29, 0.717) is 11.3 Å². The maximum absolute atomic E-state index is 12.5. The molecule has 3 rings (SSSR count). The molecule has 0 saturated carbocycles. The topological polar surface area (TPSA) is 90.3 Å². The minimum Gasteiger partial charge on any atom is -0.452 e. The highest BCUT2D eigenvalue weighted by Crippen LogP contribution is 2.19. The molecule has 0 aliphatic carbocycles. The van der Waals surface area contributed by atoms with E-state index in [1.54, 1.807) is 28.9 Å². The Kier molecular flexibility index (Phi) is 6.65. The highest BCUT2D eigenvalue weighted by molar-refractivity contribution is 5.97. The summed E-state index contributed by atoms with van der Waals surface area (Å²) < 4.78 is 7.12. The second-order valence-corrected chi connectivity index (χ2v) is 7.33. The van der Waals surface area contributed by atoms with Crippen LogP contribution in [-0.2, 0) is 20.7 Å². The van der Waals surface area contributed by atoms with Gasteiger partial charge in [0.1, 0.15) is 0 Å². The van der Waals surface area contributed by atoms with Gasteiger partial charge < -0.3 is 10.1 Å². The highest BCUT2D eigenvalue weighted by Gasteiger charge is 2.21. The Labute approximate surface area is 181 Å². The average molecular weight is 419 g/mol. The lowest BCUT2D eigenvalue weighted by Crippen LogP contribution is -2.30. The van der Waals surface area contributed by atoms with Crippen molar-refractivity contribution < 1.29 is 19.1 Å². The number of hydrogen-bond acceptors (Lipinski definition) is 5. The fraction of sp³-hybridized carbons (Fsp3) is 0.250. The number of carbonyl (C=O) groups excluding carboxylic acids is 3. The summed E-state index contributed by atoms with van der Waals surface area (Å²) in [6.45, 7) is 6.73. The second kappa shape index (κ2) is 9.38. The predicted octanol–water partition coefficient (Wildman–Crippen LogP) is 3.80. The fourth-order valence-corrected chi connectivity index (χ4v) is 3.22. The van der Waals surface area contributed by atoms with E-state index in [4.69, 9.17) is 4.74 Å². The second-order valence-electron chi connectivity index (χ2n) is 7.33. The van der Waals surface area contributed by atoms with Crippen LogP contribution in [0.1, 0.15) is 41.2 Å². The number of hydrogen-bond donors (Lipinski definition) is 1. The summed E-state index contributed by atoms with van der Waals surface area (Å²) in [5, 5.41) is 7.21. The normalized spacial score (nSPS) is 11.6. The van der Waals surface area contributed by atoms with Crippen LogP contribution in [0.3, 0.4) is 0 Å². The zero-order valence-corrected chi connectivity index (χ0v) is 18.0. The van der Waals surface area contributed by atoms with Crippen molar-refractivity contribution in [1.29, 1.82) is 0 Å². The van der Waals surface area contributed by atoms with Gasteiger partial charge >= 0.3 is 5.97 Å². The number of nitrogens with zero attached hydrogens (tertiary/aromatic N) is 2. The monoisotopic (exact) mass is 419 g/mol. The highest BCUT2D eigenvalue weighted by atomic mass is 16.5. The Hall–Kier alpha value is -3.74. The van der Waals surface area contributed by atoms with E-state index in [1.165, 1.54) is 13.8 Å². The van der Waals surface area contributed by atoms with E-state index >= 15 is 0 Å². The van der Waals surface area contributed by atoms with Crippen LogP contribution in [0.15, 0.2) is 54.6 Å². The Morgan fingerprint density at radius 2 is 1.68 bits per heavy atom. The molecule has 0 fully saturated rings. The lowest BCUT2D eigenvalue weighted by atomic mass is 10.1. The number of carbonyl (C=O) groups is 3. The van der Waals surface area contributed by atoms with Crippen LogP contribution < -0.4 is 5.32 Å². The zero-order valence-electron chi connectivity index (χ0n) is 18.0. The third-order valence-electron chi connectivity index (χ3n) is 5.00. The third-order valence-corrected chi connectivity index (χ3v) is 5.00. The van der Waals surface area contributed by atoms with Crippen LogP contribution in [0.25, 0.3) is 5.69 Å². The number of ether oxygens (including phenoxy) is 1. The van der Waals surface area contributed by atoms with Crippen LogP contribution in [-0.4, -0.2) is 33.5 Å². The number of ketones is 1. The Morgan fingerprint density at radius 1 is 1.03 bits per heavy atom. The number of anilines is 1. The van der Waals surface area contributed by atoms with Crippen molar-refractivity contribution in [1.82, 2.24) is 9.78 Å². The van der Waals surface area contributed by atoms with Gasteiger partial charge in [-0.15, -0.1) is 0 Å². The summed E-state index contributed by atoms with van der Waals surface area (Å²) in [6, 6.07) is 16.2. The molecule has 2 aromatic carbocycles. The number of amides is 1. The molecule has 0 radical (unpaired) electrons. The van der Waals surface area contributed by atoms with Crippen molar-refractivity contribution in [2.24, 2.45) is 0 Å². The van der Waals surface area contributed by atoms with Gasteiger partial charge in [-0.2, -0.15) is 5.10 Å². The van der Waals surface area contributed by atoms with Crippen LogP contribution in [0, 0.1) is 13.8 Å². The zero-order chi connectivity index (χ0) is 22.5. The first kappa shape index (κ1) is 22.0. The number of para-hydroxylation sites is 1. The van der Waals surface area contributed by atoms with Crippen molar-refractivity contribution in [3.8, 4) is 5.69 Å². The van der Waals surface area contributed by atoms with Crippen molar-refractivity contribution in [3.05, 3.63) is 77.1 Å². The summed E-state index contributed by atoms with van der Waals surface area (Å²) >= 11 is 0. The van der Waals surface area contributed by atoms with Gasteiger partial charge in [-0.25, -0.2) is 4.68 Å². The van der Waals surface area contributed by atoms with Crippen LogP contribution >= 0.6 is 0 Å². The Morgan fingerprint density at radius 3 is 2.29 bits per heavy atom. The number of esters is 1. The van der Waals surface area contributed by atoms with Crippen molar-refractivity contribution in [2.45, 2.75) is 40.2 Å². The molecule has 7 heteroatoms. The summed E-state index contributed by atoms with van der Waals surface area (Å²) in [7, 11) is 0. The average Bonchev–Trinajstić information content (AvgIpc) is 3.03. The van der Waals surface area contributed by atoms with Crippen LogP contribution in [0.5, 0.6) is 0 Å². The summed E-state index contributed by atoms with van der Waals surface area (Å²) in [6.07, 6.45) is -0.945. The molecule has 0 bridgehead atoms. The molecule has 31 heavy (non-hydrogen) atoms. The molecule has 7 nitrogen and oxygen atoms in total. The summed E-state index contributed by atoms with van der Waals surface area (Å²) in [5.41, 5.74) is 4.35. The Bertz CT molecular complexity index is 1100. The fourth-order valence-electron chi connectivity index (χ4n) is 3.22. The molecule has 3 aromatic rings. The van der Waals surface area contributed by atoms with Crippen molar-refractivity contribution >= 4 is 23.3 Å².